The van der Waals surface area contributed by atoms with Crippen LogP contribution in [0.25, 0.3) is 0 Å². The minimum absolute atomic E-state index is 0.0807. The molecular formula is C20H22IN3O3. The lowest BCUT2D eigenvalue weighted by atomic mass is 9.76. The Morgan fingerprint density at radius 2 is 2.15 bits per heavy atom. The second-order valence-corrected chi connectivity index (χ2v) is 7.67. The normalized spacial score (nSPS) is 19.7. The van der Waals surface area contributed by atoms with Crippen LogP contribution in [0.15, 0.2) is 34.8 Å². The number of hydrogen-bond acceptors (Lipinski definition) is 6. The molecule has 1 heterocycles. The summed E-state index contributed by atoms with van der Waals surface area (Å²) in [5, 5.41) is 9.82. The van der Waals surface area contributed by atoms with Crippen molar-refractivity contribution >= 4 is 28.4 Å². The molecule has 1 aliphatic heterocycles. The average molecular weight is 479 g/mol. The monoisotopic (exact) mass is 479 g/mol. The molecule has 0 spiro atoms. The first-order valence-electron chi connectivity index (χ1n) is 8.84. The summed E-state index contributed by atoms with van der Waals surface area (Å²) < 4.78 is 12.1. The van der Waals surface area contributed by atoms with Gasteiger partial charge in [0.05, 0.1) is 34.8 Å². The number of nitrogens with two attached hydrogens (primary N) is 1. The van der Waals surface area contributed by atoms with Crippen molar-refractivity contribution in [3.63, 3.8) is 0 Å². The second kappa shape index (κ2) is 7.80. The molecule has 0 saturated heterocycles. The van der Waals surface area contributed by atoms with Gasteiger partial charge in [-0.15, -0.1) is 0 Å². The molecule has 0 saturated carbocycles. The SMILES string of the molecule is CCOc1cc([C@H]2C(C#N)=C(N)N(C)C3=C2C(=O)CCC3)cc(I)c1OC. The van der Waals surface area contributed by atoms with Crippen LogP contribution in [-0.2, 0) is 4.79 Å². The second-order valence-electron chi connectivity index (χ2n) is 6.51. The molecule has 3 rings (SSSR count). The molecule has 1 aliphatic carbocycles. The van der Waals surface area contributed by atoms with E-state index in [9.17, 15) is 10.1 Å². The Bertz CT molecular complexity index is 898. The van der Waals surface area contributed by atoms with E-state index in [-0.39, 0.29) is 5.78 Å². The number of methoxy groups -OCH3 is 1. The summed E-state index contributed by atoms with van der Waals surface area (Å²) in [4.78, 5) is 14.6. The van der Waals surface area contributed by atoms with Gasteiger partial charge >= 0.3 is 0 Å². The van der Waals surface area contributed by atoms with Crippen LogP contribution in [0.2, 0.25) is 0 Å². The Morgan fingerprint density at radius 3 is 2.78 bits per heavy atom. The number of carbonyl (C=O) groups is 1. The van der Waals surface area contributed by atoms with E-state index in [0.717, 1.165) is 27.7 Å². The van der Waals surface area contributed by atoms with Crippen LogP contribution >= 0.6 is 22.6 Å². The molecule has 1 aromatic carbocycles. The number of ether oxygens (including phenoxy) is 2. The van der Waals surface area contributed by atoms with Crippen molar-refractivity contribution < 1.29 is 14.3 Å². The van der Waals surface area contributed by atoms with Crippen molar-refractivity contribution in [1.82, 2.24) is 4.90 Å². The van der Waals surface area contributed by atoms with Gasteiger partial charge in [-0.2, -0.15) is 5.26 Å². The van der Waals surface area contributed by atoms with Gasteiger partial charge in [0.25, 0.3) is 0 Å². The molecule has 27 heavy (non-hydrogen) atoms. The van der Waals surface area contributed by atoms with Crippen LogP contribution in [0, 0.1) is 14.9 Å². The Kier molecular flexibility index (Phi) is 5.65. The van der Waals surface area contributed by atoms with Gasteiger partial charge in [-0.25, -0.2) is 0 Å². The quantitative estimate of drug-likeness (QED) is 0.666. The number of hydrogen-bond donors (Lipinski definition) is 1. The maximum atomic E-state index is 12.8. The number of Topliss-reactive ketones (excluding diaryl/α,β-unsaturated/α-hetero) is 1. The first kappa shape index (κ1) is 19.5. The van der Waals surface area contributed by atoms with Crippen molar-refractivity contribution in [2.75, 3.05) is 20.8 Å². The highest BCUT2D eigenvalue weighted by Gasteiger charge is 2.39. The molecule has 0 radical (unpaired) electrons. The number of carbonyl (C=O) groups excluding carboxylic acids is 1. The van der Waals surface area contributed by atoms with Gasteiger partial charge in [0, 0.05) is 24.7 Å². The van der Waals surface area contributed by atoms with Gasteiger partial charge in [-0.1, -0.05) is 0 Å². The lowest BCUT2D eigenvalue weighted by molar-refractivity contribution is -0.116. The van der Waals surface area contributed by atoms with Crippen molar-refractivity contribution in [3.05, 3.63) is 43.9 Å². The van der Waals surface area contributed by atoms with E-state index >= 15 is 0 Å². The Morgan fingerprint density at radius 1 is 1.41 bits per heavy atom. The molecular weight excluding hydrogens is 457 g/mol. The van der Waals surface area contributed by atoms with Gasteiger partial charge in [0.1, 0.15) is 5.82 Å². The number of nitrogens with zero attached hydrogens (tertiary/aromatic N) is 2. The largest absolute Gasteiger partial charge is 0.492 e. The van der Waals surface area contributed by atoms with Gasteiger partial charge < -0.3 is 20.1 Å². The fourth-order valence-corrected chi connectivity index (χ4v) is 4.66. The summed E-state index contributed by atoms with van der Waals surface area (Å²) in [5.41, 5.74) is 9.09. The number of allylic oxidation sites excluding steroid dienone is 3. The van der Waals surface area contributed by atoms with Gasteiger partial charge in [-0.3, -0.25) is 4.79 Å². The summed E-state index contributed by atoms with van der Waals surface area (Å²) in [6.45, 7) is 2.39. The number of rotatable bonds is 4. The molecule has 1 atom stereocenters. The zero-order valence-electron chi connectivity index (χ0n) is 15.6. The topological polar surface area (TPSA) is 88.6 Å². The van der Waals surface area contributed by atoms with Gasteiger partial charge in [0.2, 0.25) is 0 Å². The molecule has 2 aliphatic rings. The van der Waals surface area contributed by atoms with Crippen molar-refractivity contribution in [1.29, 1.82) is 5.26 Å². The lowest BCUT2D eigenvalue weighted by Crippen LogP contribution is -2.36. The third-order valence-corrected chi connectivity index (χ3v) is 5.84. The standard InChI is InChI=1S/C20H22IN3O3/c1-4-27-16-9-11(8-13(21)19(16)26-3)17-12(10-22)20(23)24(2)14-6-5-7-15(25)18(14)17/h8-9,17H,4-7,23H2,1-3H3/t17-/m0/s1. The predicted octanol–water partition coefficient (Wildman–Crippen LogP) is 3.43. The summed E-state index contributed by atoms with van der Waals surface area (Å²) in [7, 11) is 3.42. The molecule has 0 amide bonds. The van der Waals surface area contributed by atoms with Crippen LogP contribution in [0.1, 0.15) is 37.7 Å². The third-order valence-electron chi connectivity index (χ3n) is 5.04. The van der Waals surface area contributed by atoms with E-state index in [0.29, 0.717) is 41.5 Å². The summed E-state index contributed by atoms with van der Waals surface area (Å²) in [6.07, 6.45) is 2.07. The molecule has 0 unspecified atom stereocenters. The Hall–Kier alpha value is -2.21. The van der Waals surface area contributed by atoms with Crippen molar-refractivity contribution in [2.45, 2.75) is 32.1 Å². The summed E-state index contributed by atoms with van der Waals surface area (Å²) in [5.74, 6) is 1.25. The first-order chi connectivity index (χ1) is 12.9. The highest BCUT2D eigenvalue weighted by atomic mass is 127. The fraction of sp³-hybridized carbons (Fsp3) is 0.400. The Labute approximate surface area is 172 Å². The summed E-state index contributed by atoms with van der Waals surface area (Å²) in [6, 6.07) is 6.04. The van der Waals surface area contributed by atoms with Crippen LogP contribution in [0.3, 0.4) is 0 Å². The summed E-state index contributed by atoms with van der Waals surface area (Å²) >= 11 is 2.18. The maximum Gasteiger partial charge on any atom is 0.174 e. The van der Waals surface area contributed by atoms with Crippen LogP contribution in [0.4, 0.5) is 0 Å². The van der Waals surface area contributed by atoms with Gasteiger partial charge in [-0.05, 0) is 60.1 Å². The predicted molar refractivity (Wildman–Crippen MR) is 110 cm³/mol. The molecule has 1 aromatic rings. The van der Waals surface area contributed by atoms with Crippen molar-refractivity contribution in [2.24, 2.45) is 5.73 Å². The zero-order valence-corrected chi connectivity index (χ0v) is 17.8. The zero-order chi connectivity index (χ0) is 19.7. The number of benzene rings is 1. The number of nitriles is 1. The van der Waals surface area contributed by atoms with Crippen LogP contribution < -0.4 is 15.2 Å². The molecule has 6 nitrogen and oxygen atoms in total. The van der Waals surface area contributed by atoms with Crippen LogP contribution in [-0.4, -0.2) is 31.4 Å². The smallest absolute Gasteiger partial charge is 0.174 e. The molecule has 2 N–H and O–H groups in total. The van der Waals surface area contributed by atoms with Crippen molar-refractivity contribution in [3.8, 4) is 17.6 Å². The molecule has 0 aromatic heterocycles. The minimum Gasteiger partial charge on any atom is -0.492 e. The third kappa shape index (κ3) is 3.27. The van der Waals surface area contributed by atoms with E-state index in [2.05, 4.69) is 28.7 Å². The Balaban J connectivity index is 2.25. The number of halogens is 1. The lowest BCUT2D eigenvalue weighted by Gasteiger charge is -2.37. The van der Waals surface area contributed by atoms with E-state index in [1.54, 1.807) is 12.0 Å². The van der Waals surface area contributed by atoms with E-state index in [1.807, 2.05) is 26.1 Å². The minimum atomic E-state index is -0.479. The molecule has 7 heteroatoms. The van der Waals surface area contributed by atoms with Crippen LogP contribution in [0.5, 0.6) is 11.5 Å². The van der Waals surface area contributed by atoms with E-state index < -0.39 is 5.92 Å². The average Bonchev–Trinajstić information content (AvgIpc) is 2.64. The van der Waals surface area contributed by atoms with E-state index in [1.165, 1.54) is 0 Å². The highest BCUT2D eigenvalue weighted by molar-refractivity contribution is 14.1. The molecule has 0 fully saturated rings. The molecule has 142 valence electrons. The number of ketones is 1. The first-order valence-corrected chi connectivity index (χ1v) is 9.92. The van der Waals surface area contributed by atoms with E-state index in [4.69, 9.17) is 15.2 Å². The van der Waals surface area contributed by atoms with Gasteiger partial charge in [0.15, 0.2) is 17.3 Å². The highest BCUT2D eigenvalue weighted by Crippen LogP contribution is 2.46. The molecule has 0 bridgehead atoms. The maximum absolute atomic E-state index is 12.8. The fourth-order valence-electron chi connectivity index (χ4n) is 3.81.